The Morgan fingerprint density at radius 2 is 1.52 bits per heavy atom. The second-order valence-electron chi connectivity index (χ2n) is 6.34. The van der Waals surface area contributed by atoms with Crippen LogP contribution in [-0.4, -0.2) is 10.4 Å². The number of hydrogen-bond acceptors (Lipinski definition) is 1. The Hall–Kier alpha value is -3.13. The summed E-state index contributed by atoms with van der Waals surface area (Å²) in [6, 6.07) is 26.9. The van der Waals surface area contributed by atoms with E-state index in [1.165, 1.54) is 16.5 Å². The molecule has 0 saturated carbocycles. The Morgan fingerprint density at radius 3 is 2.24 bits per heavy atom. The molecule has 0 atom stereocenters. The molecule has 0 amide bonds. The van der Waals surface area contributed by atoms with E-state index >= 15 is 0 Å². The number of nitrogens with zero attached hydrogens (tertiary/aromatic N) is 1. The van der Waals surface area contributed by atoms with Crippen LogP contribution in [0.25, 0.3) is 27.8 Å². The molecule has 0 radical (unpaired) electrons. The number of hydrogen-bond donors (Lipinski definition) is 0. The van der Waals surface area contributed by atoms with Crippen LogP contribution in [0.4, 0.5) is 0 Å². The van der Waals surface area contributed by atoms with Gasteiger partial charge in [0.1, 0.15) is 0 Å². The summed E-state index contributed by atoms with van der Waals surface area (Å²) >= 11 is 0. The van der Waals surface area contributed by atoms with Gasteiger partial charge in [-0.15, -0.1) is 0 Å². The highest BCUT2D eigenvalue weighted by atomic mass is 16.1. The first-order valence-electron chi connectivity index (χ1n) is 8.43. The zero-order chi connectivity index (χ0) is 17.4. The van der Waals surface area contributed by atoms with Crippen molar-refractivity contribution in [1.29, 1.82) is 0 Å². The summed E-state index contributed by atoms with van der Waals surface area (Å²) in [5.74, 6) is 0.0861. The van der Waals surface area contributed by atoms with Crippen LogP contribution in [0.1, 0.15) is 22.8 Å². The molecular weight excluding hydrogens is 306 g/mol. The minimum atomic E-state index is 0.0861. The summed E-state index contributed by atoms with van der Waals surface area (Å²) in [6.07, 6.45) is 0. The second kappa shape index (κ2) is 6.06. The maximum Gasteiger partial charge on any atom is 0.159 e. The fourth-order valence-corrected chi connectivity index (χ4v) is 3.34. The minimum Gasteiger partial charge on any atom is -0.309 e. The SMILES string of the molecule is CC(=O)c1ccc(-n2c(-c3ccccc3C)cc3ccccc32)cc1. The maximum atomic E-state index is 11.6. The van der Waals surface area contributed by atoms with Crippen LogP contribution >= 0.6 is 0 Å². The highest BCUT2D eigenvalue weighted by molar-refractivity contribution is 5.94. The van der Waals surface area contributed by atoms with E-state index in [0.717, 1.165) is 22.5 Å². The number of ketones is 1. The lowest BCUT2D eigenvalue weighted by Gasteiger charge is -2.13. The van der Waals surface area contributed by atoms with Gasteiger partial charge in [-0.1, -0.05) is 42.5 Å². The lowest BCUT2D eigenvalue weighted by molar-refractivity contribution is 0.101. The van der Waals surface area contributed by atoms with E-state index in [1.807, 2.05) is 24.3 Å². The van der Waals surface area contributed by atoms with Gasteiger partial charge in [0.15, 0.2) is 5.78 Å². The summed E-state index contributed by atoms with van der Waals surface area (Å²) in [4.78, 5) is 11.6. The van der Waals surface area contributed by atoms with Crippen LogP contribution in [0.2, 0.25) is 0 Å². The zero-order valence-corrected chi connectivity index (χ0v) is 14.4. The predicted octanol–water partition coefficient (Wildman–Crippen LogP) is 5.81. The van der Waals surface area contributed by atoms with Gasteiger partial charge >= 0.3 is 0 Å². The number of carbonyl (C=O) groups excluding carboxylic acids is 1. The molecule has 0 bridgehead atoms. The molecule has 0 aliphatic carbocycles. The monoisotopic (exact) mass is 325 g/mol. The largest absolute Gasteiger partial charge is 0.309 e. The van der Waals surface area contributed by atoms with Gasteiger partial charge in [0.25, 0.3) is 0 Å². The first-order valence-corrected chi connectivity index (χ1v) is 8.43. The third kappa shape index (κ3) is 2.66. The van der Waals surface area contributed by atoms with E-state index in [2.05, 4.69) is 66.1 Å². The molecule has 122 valence electrons. The van der Waals surface area contributed by atoms with E-state index in [9.17, 15) is 4.79 Å². The highest BCUT2D eigenvalue weighted by Crippen LogP contribution is 2.33. The van der Waals surface area contributed by atoms with Gasteiger partial charge in [-0.2, -0.15) is 0 Å². The molecule has 3 aromatic carbocycles. The number of Topliss-reactive ketones (excluding diaryl/α,β-unsaturated/α-hetero) is 1. The molecule has 25 heavy (non-hydrogen) atoms. The normalized spacial score (nSPS) is 11.0. The topological polar surface area (TPSA) is 22.0 Å². The molecule has 0 unspecified atom stereocenters. The lowest BCUT2D eigenvalue weighted by Crippen LogP contribution is -1.99. The molecule has 0 saturated heterocycles. The van der Waals surface area contributed by atoms with Crippen molar-refractivity contribution < 1.29 is 4.79 Å². The van der Waals surface area contributed by atoms with Gasteiger partial charge in [0.05, 0.1) is 11.2 Å². The molecule has 2 nitrogen and oxygen atoms in total. The Labute approximate surface area is 147 Å². The molecule has 4 aromatic rings. The van der Waals surface area contributed by atoms with Crippen molar-refractivity contribution in [3.05, 3.63) is 90.0 Å². The van der Waals surface area contributed by atoms with E-state index < -0.39 is 0 Å². The quantitative estimate of drug-likeness (QED) is 0.436. The van der Waals surface area contributed by atoms with Crippen LogP contribution in [-0.2, 0) is 0 Å². The summed E-state index contributed by atoms with van der Waals surface area (Å²) in [7, 11) is 0. The molecule has 0 fully saturated rings. The zero-order valence-electron chi connectivity index (χ0n) is 14.4. The van der Waals surface area contributed by atoms with Gasteiger partial charge in [0, 0.05) is 22.2 Å². The van der Waals surface area contributed by atoms with Gasteiger partial charge in [-0.3, -0.25) is 4.79 Å². The molecule has 0 aliphatic rings. The molecule has 0 spiro atoms. The van der Waals surface area contributed by atoms with E-state index in [-0.39, 0.29) is 5.78 Å². The average Bonchev–Trinajstić information content (AvgIpc) is 3.01. The molecule has 1 aromatic heterocycles. The van der Waals surface area contributed by atoms with Crippen molar-refractivity contribution in [2.45, 2.75) is 13.8 Å². The first kappa shape index (κ1) is 15.4. The van der Waals surface area contributed by atoms with E-state index in [4.69, 9.17) is 0 Å². The Bertz CT molecular complexity index is 1070. The van der Waals surface area contributed by atoms with Gasteiger partial charge < -0.3 is 4.57 Å². The highest BCUT2D eigenvalue weighted by Gasteiger charge is 2.13. The smallest absolute Gasteiger partial charge is 0.159 e. The van der Waals surface area contributed by atoms with Gasteiger partial charge in [-0.25, -0.2) is 0 Å². The Morgan fingerprint density at radius 1 is 0.840 bits per heavy atom. The summed E-state index contributed by atoms with van der Waals surface area (Å²) in [6.45, 7) is 3.73. The fourth-order valence-electron chi connectivity index (χ4n) is 3.34. The molecule has 0 aliphatic heterocycles. The van der Waals surface area contributed by atoms with Crippen molar-refractivity contribution in [2.24, 2.45) is 0 Å². The van der Waals surface area contributed by atoms with E-state index in [1.54, 1.807) is 6.92 Å². The van der Waals surface area contributed by atoms with Crippen LogP contribution < -0.4 is 0 Å². The average molecular weight is 325 g/mol. The Kier molecular flexibility index (Phi) is 3.73. The first-order chi connectivity index (χ1) is 12.1. The molecule has 1 heterocycles. The van der Waals surface area contributed by atoms with Crippen molar-refractivity contribution in [1.82, 2.24) is 4.57 Å². The second-order valence-corrected chi connectivity index (χ2v) is 6.34. The maximum absolute atomic E-state index is 11.6. The van der Waals surface area contributed by atoms with Crippen LogP contribution in [0, 0.1) is 6.92 Å². The third-order valence-electron chi connectivity index (χ3n) is 4.66. The summed E-state index contributed by atoms with van der Waals surface area (Å²) in [5, 5.41) is 1.20. The number of rotatable bonds is 3. The van der Waals surface area contributed by atoms with Crippen molar-refractivity contribution in [2.75, 3.05) is 0 Å². The predicted molar refractivity (Wildman–Crippen MR) is 103 cm³/mol. The number of carbonyl (C=O) groups is 1. The Balaban J connectivity index is 2.00. The van der Waals surface area contributed by atoms with E-state index in [0.29, 0.717) is 0 Å². The van der Waals surface area contributed by atoms with Crippen molar-refractivity contribution in [3.63, 3.8) is 0 Å². The van der Waals surface area contributed by atoms with Gasteiger partial charge in [-0.05, 0) is 55.8 Å². The molecule has 0 N–H and O–H groups in total. The molecule has 2 heteroatoms. The fraction of sp³-hybridized carbons (Fsp3) is 0.0870. The van der Waals surface area contributed by atoms with Crippen molar-refractivity contribution >= 4 is 16.7 Å². The van der Waals surface area contributed by atoms with Gasteiger partial charge in [0.2, 0.25) is 0 Å². The summed E-state index contributed by atoms with van der Waals surface area (Å²) in [5.41, 5.74) is 6.58. The number of para-hydroxylation sites is 1. The van der Waals surface area contributed by atoms with Crippen LogP contribution in [0.5, 0.6) is 0 Å². The summed E-state index contributed by atoms with van der Waals surface area (Å²) < 4.78 is 2.27. The van der Waals surface area contributed by atoms with Crippen LogP contribution in [0.3, 0.4) is 0 Å². The lowest BCUT2D eigenvalue weighted by atomic mass is 10.1. The molecule has 4 rings (SSSR count). The number of benzene rings is 3. The minimum absolute atomic E-state index is 0.0861. The van der Waals surface area contributed by atoms with Crippen molar-refractivity contribution in [3.8, 4) is 16.9 Å². The standard InChI is InChI=1S/C23H19NO/c1-16-7-3-5-9-21(16)23-15-19-8-4-6-10-22(19)24(23)20-13-11-18(12-14-20)17(2)25/h3-15H,1-2H3. The number of aryl methyl sites for hydroxylation is 1. The third-order valence-corrected chi connectivity index (χ3v) is 4.66. The number of aromatic nitrogens is 1. The number of fused-ring (bicyclic) bond motifs is 1. The van der Waals surface area contributed by atoms with Crippen LogP contribution in [0.15, 0.2) is 78.9 Å². The molecular formula is C23H19NO.